The molecule has 0 aromatic heterocycles. The van der Waals surface area contributed by atoms with E-state index in [1.165, 1.54) is 29.3 Å². The molecule has 4 unspecified atom stereocenters. The molecule has 2 bridgehead atoms. The number of hydrogen-bond acceptors (Lipinski definition) is 2. The number of carbonyl (C=O) groups excluding carboxylic acids is 1. The molecule has 0 spiro atoms. The summed E-state index contributed by atoms with van der Waals surface area (Å²) in [5.41, 5.74) is 1.31. The van der Waals surface area contributed by atoms with Crippen molar-refractivity contribution in [3.05, 3.63) is 35.9 Å². The lowest BCUT2D eigenvalue weighted by Gasteiger charge is -2.49. The van der Waals surface area contributed by atoms with Crippen molar-refractivity contribution in [2.24, 2.45) is 5.92 Å². The summed E-state index contributed by atoms with van der Waals surface area (Å²) in [5, 5.41) is 0. The first-order valence-corrected chi connectivity index (χ1v) is 11.1. The van der Waals surface area contributed by atoms with Gasteiger partial charge in [-0.25, -0.2) is 0 Å². The van der Waals surface area contributed by atoms with E-state index in [-0.39, 0.29) is 18.0 Å². The van der Waals surface area contributed by atoms with E-state index in [1.54, 1.807) is 0 Å². The number of piperidine rings is 1. The number of rotatable bonds is 4. The van der Waals surface area contributed by atoms with Crippen LogP contribution in [0.1, 0.15) is 76.7 Å². The summed E-state index contributed by atoms with van der Waals surface area (Å²) < 4.78 is 7.37. The fourth-order valence-corrected chi connectivity index (χ4v) is 6.34. The Morgan fingerprint density at radius 2 is 1.63 bits per heavy atom. The van der Waals surface area contributed by atoms with Crippen molar-refractivity contribution in [2.45, 2.75) is 95.4 Å². The molecular formula is C24H36NO2+. The largest absolute Gasteiger partial charge is 0.462 e. The second-order valence-electron chi connectivity index (χ2n) is 9.64. The Hall–Kier alpha value is -1.35. The molecule has 1 aromatic rings. The van der Waals surface area contributed by atoms with Gasteiger partial charge in [-0.05, 0) is 38.2 Å². The molecule has 1 saturated carbocycles. The van der Waals surface area contributed by atoms with Crippen molar-refractivity contribution in [1.82, 2.24) is 0 Å². The Kier molecular flexibility index (Phi) is 5.33. The first-order valence-electron chi connectivity index (χ1n) is 11.1. The summed E-state index contributed by atoms with van der Waals surface area (Å²) in [7, 11) is 2.43. The molecule has 3 nitrogen and oxygen atoms in total. The number of quaternary nitrogens is 1. The number of nitrogens with zero attached hydrogens (tertiary/aromatic N) is 1. The van der Waals surface area contributed by atoms with E-state index in [9.17, 15) is 4.79 Å². The third-order valence-corrected chi connectivity index (χ3v) is 8.17. The first kappa shape index (κ1) is 19.0. The van der Waals surface area contributed by atoms with Crippen molar-refractivity contribution < 1.29 is 14.0 Å². The second kappa shape index (κ2) is 7.58. The summed E-state index contributed by atoms with van der Waals surface area (Å²) in [4.78, 5) is 13.2. The van der Waals surface area contributed by atoms with Crippen LogP contribution in [0, 0.1) is 5.92 Å². The lowest BCUT2D eigenvalue weighted by atomic mass is 9.75. The molecule has 27 heavy (non-hydrogen) atoms. The molecule has 2 saturated heterocycles. The number of carbonyl (C=O) groups is 1. The zero-order valence-electron chi connectivity index (χ0n) is 17.3. The molecule has 4 rings (SSSR count). The maximum atomic E-state index is 13.2. The third-order valence-electron chi connectivity index (χ3n) is 8.17. The van der Waals surface area contributed by atoms with Gasteiger partial charge < -0.3 is 9.22 Å². The minimum absolute atomic E-state index is 0.0479. The van der Waals surface area contributed by atoms with E-state index in [0.717, 1.165) is 32.1 Å². The molecule has 3 heteroatoms. The van der Waals surface area contributed by atoms with Gasteiger partial charge in [0.25, 0.3) is 0 Å². The highest BCUT2D eigenvalue weighted by Gasteiger charge is 2.54. The van der Waals surface area contributed by atoms with Crippen LogP contribution in [-0.2, 0) is 9.53 Å². The van der Waals surface area contributed by atoms with Gasteiger partial charge in [0.2, 0.25) is 0 Å². The first-order chi connectivity index (χ1) is 13.0. The lowest BCUT2D eigenvalue weighted by molar-refractivity contribution is -0.968. The highest BCUT2D eigenvalue weighted by Crippen LogP contribution is 2.45. The molecule has 2 aliphatic heterocycles. The molecule has 1 aliphatic carbocycles. The zero-order chi connectivity index (χ0) is 19.0. The van der Waals surface area contributed by atoms with Crippen LogP contribution in [-0.4, -0.2) is 41.7 Å². The van der Waals surface area contributed by atoms with E-state index in [2.05, 4.69) is 51.2 Å². The molecule has 3 fully saturated rings. The summed E-state index contributed by atoms with van der Waals surface area (Å²) in [6.45, 7) is 4.70. The van der Waals surface area contributed by atoms with Crippen molar-refractivity contribution in [2.75, 3.05) is 7.05 Å². The van der Waals surface area contributed by atoms with Gasteiger partial charge in [-0.15, -0.1) is 0 Å². The summed E-state index contributed by atoms with van der Waals surface area (Å²) in [6, 6.07) is 12.6. The predicted octanol–water partition coefficient (Wildman–Crippen LogP) is 5.05. The van der Waals surface area contributed by atoms with Crippen LogP contribution >= 0.6 is 0 Å². The van der Waals surface area contributed by atoms with Gasteiger partial charge in [-0.3, -0.25) is 4.79 Å². The smallest absolute Gasteiger partial charge is 0.309 e. The standard InChI is InChI=1S/C24H36NO2/c1-17(2)25(3)19-13-14-20(25)16-21(15-19)27-24(26)23-12-8-7-11-22(23)18-9-5-4-6-10-18/h4-6,9-10,17,19-23H,7-8,11-16H2,1-3H3/q+1/t19-,20+,21?,22?,23?,25?. The number of hydrogen-bond donors (Lipinski definition) is 0. The van der Waals surface area contributed by atoms with E-state index >= 15 is 0 Å². The summed E-state index contributed by atoms with van der Waals surface area (Å²) >= 11 is 0. The average molecular weight is 371 g/mol. The quantitative estimate of drug-likeness (QED) is 0.547. The van der Waals surface area contributed by atoms with Gasteiger partial charge >= 0.3 is 5.97 Å². The van der Waals surface area contributed by atoms with Gasteiger partial charge in [0.15, 0.2) is 0 Å². The van der Waals surface area contributed by atoms with E-state index in [4.69, 9.17) is 4.74 Å². The minimum atomic E-state index is 0.0479. The number of esters is 1. The van der Waals surface area contributed by atoms with Crippen LogP contribution in [0.3, 0.4) is 0 Å². The van der Waals surface area contributed by atoms with Crippen LogP contribution in [0.2, 0.25) is 0 Å². The van der Waals surface area contributed by atoms with E-state index in [1.807, 2.05) is 0 Å². The lowest BCUT2D eigenvalue weighted by Crippen LogP contribution is -2.62. The average Bonchev–Trinajstić information content (AvgIpc) is 2.86. The Balaban J connectivity index is 1.43. The van der Waals surface area contributed by atoms with Crippen LogP contribution < -0.4 is 0 Å². The normalized spacial score (nSPS) is 38.7. The van der Waals surface area contributed by atoms with E-state index < -0.39 is 0 Å². The van der Waals surface area contributed by atoms with Crippen molar-refractivity contribution >= 4 is 5.97 Å². The number of fused-ring (bicyclic) bond motifs is 2. The van der Waals surface area contributed by atoms with Gasteiger partial charge in [0.05, 0.1) is 31.1 Å². The van der Waals surface area contributed by atoms with Crippen LogP contribution in [0.25, 0.3) is 0 Å². The molecule has 6 atom stereocenters. The Morgan fingerprint density at radius 3 is 2.26 bits per heavy atom. The number of ether oxygens (including phenoxy) is 1. The third kappa shape index (κ3) is 3.44. The van der Waals surface area contributed by atoms with Crippen molar-refractivity contribution in [3.8, 4) is 0 Å². The Morgan fingerprint density at radius 1 is 1.00 bits per heavy atom. The molecule has 148 valence electrons. The van der Waals surface area contributed by atoms with Gasteiger partial charge in [0.1, 0.15) is 6.10 Å². The maximum Gasteiger partial charge on any atom is 0.309 e. The summed E-state index contributed by atoms with van der Waals surface area (Å²) in [6.07, 6.45) is 9.31. The predicted molar refractivity (Wildman–Crippen MR) is 108 cm³/mol. The fourth-order valence-electron chi connectivity index (χ4n) is 6.34. The minimum Gasteiger partial charge on any atom is -0.462 e. The highest BCUT2D eigenvalue weighted by atomic mass is 16.5. The SMILES string of the molecule is CC(C)[N+]1(C)[C@@H]2CC[C@H]1CC(OC(=O)C1CCCCC1c1ccccc1)C2. The maximum absolute atomic E-state index is 13.2. The molecule has 0 amide bonds. The molecular weight excluding hydrogens is 334 g/mol. The molecule has 3 aliphatic rings. The topological polar surface area (TPSA) is 26.3 Å². The van der Waals surface area contributed by atoms with Gasteiger partial charge in [0, 0.05) is 25.7 Å². The van der Waals surface area contributed by atoms with Crippen molar-refractivity contribution in [1.29, 1.82) is 0 Å². The van der Waals surface area contributed by atoms with Crippen molar-refractivity contribution in [3.63, 3.8) is 0 Å². The van der Waals surface area contributed by atoms with Crippen LogP contribution in [0.4, 0.5) is 0 Å². The van der Waals surface area contributed by atoms with E-state index in [0.29, 0.717) is 24.0 Å². The number of benzene rings is 1. The molecule has 2 heterocycles. The second-order valence-corrected chi connectivity index (χ2v) is 9.64. The zero-order valence-corrected chi connectivity index (χ0v) is 17.3. The Labute approximate surface area is 164 Å². The molecule has 0 radical (unpaired) electrons. The molecule has 1 aromatic carbocycles. The highest BCUT2D eigenvalue weighted by molar-refractivity contribution is 5.74. The Bertz CT molecular complexity index is 642. The van der Waals surface area contributed by atoms with Gasteiger partial charge in [-0.2, -0.15) is 0 Å². The van der Waals surface area contributed by atoms with Crippen LogP contribution in [0.15, 0.2) is 30.3 Å². The van der Waals surface area contributed by atoms with Gasteiger partial charge in [-0.1, -0.05) is 43.2 Å². The monoisotopic (exact) mass is 370 g/mol. The van der Waals surface area contributed by atoms with Crippen LogP contribution in [0.5, 0.6) is 0 Å². The molecule has 0 N–H and O–H groups in total. The summed E-state index contributed by atoms with van der Waals surface area (Å²) in [5.74, 6) is 0.463. The fraction of sp³-hybridized carbons (Fsp3) is 0.708.